The predicted molar refractivity (Wildman–Crippen MR) is 89.2 cm³/mol. The maximum Gasteiger partial charge on any atom is 0.337 e. The van der Waals surface area contributed by atoms with Crippen molar-refractivity contribution in [1.82, 2.24) is 4.98 Å². The van der Waals surface area contributed by atoms with E-state index in [1.54, 1.807) is 37.3 Å². The van der Waals surface area contributed by atoms with Crippen LogP contribution in [0.3, 0.4) is 0 Å². The van der Waals surface area contributed by atoms with E-state index in [1.165, 1.54) is 12.1 Å². The number of pyridine rings is 1. The summed E-state index contributed by atoms with van der Waals surface area (Å²) < 4.78 is 18.8. The highest BCUT2D eigenvalue weighted by molar-refractivity contribution is 6.30. The van der Waals surface area contributed by atoms with Gasteiger partial charge in [0.15, 0.2) is 0 Å². The molecule has 0 radical (unpaired) electrons. The summed E-state index contributed by atoms with van der Waals surface area (Å²) >= 11 is 5.74. The monoisotopic (exact) mass is 345 g/mol. The second-order valence-electron chi connectivity index (χ2n) is 5.32. The molecule has 0 saturated heterocycles. The van der Waals surface area contributed by atoms with Crippen molar-refractivity contribution < 1.29 is 19.0 Å². The van der Waals surface area contributed by atoms with Crippen molar-refractivity contribution in [1.29, 1.82) is 0 Å². The minimum absolute atomic E-state index is 0.0492. The summed E-state index contributed by atoms with van der Waals surface area (Å²) in [5, 5.41) is 9.90. The van der Waals surface area contributed by atoms with Gasteiger partial charge in [0.25, 0.3) is 0 Å². The van der Waals surface area contributed by atoms with Crippen molar-refractivity contribution in [2.45, 2.75) is 13.5 Å². The molecule has 3 rings (SSSR count). The molecule has 24 heavy (non-hydrogen) atoms. The van der Waals surface area contributed by atoms with E-state index in [-0.39, 0.29) is 17.2 Å². The second-order valence-corrected chi connectivity index (χ2v) is 5.73. The number of carboxylic acid groups (broad SMARTS) is 1. The van der Waals surface area contributed by atoms with Crippen LogP contribution in [0.1, 0.15) is 21.6 Å². The van der Waals surface area contributed by atoms with Gasteiger partial charge in [-0.1, -0.05) is 17.7 Å². The van der Waals surface area contributed by atoms with Gasteiger partial charge < -0.3 is 9.84 Å². The number of hydrogen-bond donors (Lipinski definition) is 1. The molecule has 0 aliphatic rings. The molecule has 0 spiro atoms. The Morgan fingerprint density at radius 2 is 2.04 bits per heavy atom. The van der Waals surface area contributed by atoms with Crippen LogP contribution in [0.4, 0.5) is 4.39 Å². The first-order chi connectivity index (χ1) is 11.4. The van der Waals surface area contributed by atoms with E-state index in [0.717, 1.165) is 10.9 Å². The molecule has 0 amide bonds. The van der Waals surface area contributed by atoms with Gasteiger partial charge in [-0.2, -0.15) is 0 Å². The number of nitrogens with zero attached hydrogens (tertiary/aromatic N) is 1. The Bertz CT molecular complexity index is 943. The summed E-state index contributed by atoms with van der Waals surface area (Å²) in [6.07, 6.45) is 0. The van der Waals surface area contributed by atoms with Crippen molar-refractivity contribution in [3.63, 3.8) is 0 Å². The van der Waals surface area contributed by atoms with Crippen LogP contribution in [0, 0.1) is 12.7 Å². The van der Waals surface area contributed by atoms with Crippen LogP contribution < -0.4 is 4.74 Å². The van der Waals surface area contributed by atoms with E-state index >= 15 is 0 Å². The number of halogens is 2. The zero-order valence-corrected chi connectivity index (χ0v) is 13.5. The van der Waals surface area contributed by atoms with Crippen molar-refractivity contribution in [3.8, 4) is 5.75 Å². The van der Waals surface area contributed by atoms with Crippen LogP contribution in [-0.2, 0) is 6.61 Å². The molecule has 0 unspecified atom stereocenters. The van der Waals surface area contributed by atoms with Crippen LogP contribution in [0.5, 0.6) is 5.75 Å². The van der Waals surface area contributed by atoms with Gasteiger partial charge >= 0.3 is 5.97 Å². The third-order valence-corrected chi connectivity index (χ3v) is 3.89. The first-order valence-corrected chi connectivity index (χ1v) is 7.53. The summed E-state index contributed by atoms with van der Waals surface area (Å²) in [5.41, 5.74) is 2.01. The van der Waals surface area contributed by atoms with Gasteiger partial charge in [0, 0.05) is 11.5 Å². The number of carbonyl (C=O) groups is 1. The first-order valence-electron chi connectivity index (χ1n) is 7.15. The molecule has 0 saturated carbocycles. The SMILES string of the molecule is Cc1nc2cc(OCc3ccc(F)c(Cl)c3)ccc2cc1C(=O)O. The lowest BCUT2D eigenvalue weighted by atomic mass is 10.1. The number of rotatable bonds is 4. The smallest absolute Gasteiger partial charge is 0.337 e. The molecule has 0 aliphatic heterocycles. The zero-order chi connectivity index (χ0) is 17.3. The second kappa shape index (κ2) is 6.45. The lowest BCUT2D eigenvalue weighted by Crippen LogP contribution is -2.02. The molecule has 1 aromatic heterocycles. The van der Waals surface area contributed by atoms with Crippen LogP contribution in [-0.4, -0.2) is 16.1 Å². The Morgan fingerprint density at radius 1 is 1.25 bits per heavy atom. The molecule has 0 aliphatic carbocycles. The number of benzene rings is 2. The molecule has 0 bridgehead atoms. The van der Waals surface area contributed by atoms with Crippen LogP contribution in [0.25, 0.3) is 10.9 Å². The van der Waals surface area contributed by atoms with E-state index in [4.69, 9.17) is 21.4 Å². The van der Waals surface area contributed by atoms with Crippen molar-refractivity contribution in [2.75, 3.05) is 0 Å². The Hall–Kier alpha value is -2.66. The topological polar surface area (TPSA) is 59.4 Å². The Kier molecular flexibility index (Phi) is 4.36. The highest BCUT2D eigenvalue weighted by Crippen LogP contribution is 2.23. The van der Waals surface area contributed by atoms with Gasteiger partial charge in [-0.15, -0.1) is 0 Å². The number of hydrogen-bond acceptors (Lipinski definition) is 3. The molecule has 1 heterocycles. The Morgan fingerprint density at radius 3 is 2.75 bits per heavy atom. The van der Waals surface area contributed by atoms with Gasteiger partial charge in [0.2, 0.25) is 0 Å². The summed E-state index contributed by atoms with van der Waals surface area (Å²) in [5.74, 6) is -0.895. The maximum absolute atomic E-state index is 13.1. The molecule has 1 N–H and O–H groups in total. The van der Waals surface area contributed by atoms with Crippen molar-refractivity contribution in [2.24, 2.45) is 0 Å². The fraction of sp³-hybridized carbons (Fsp3) is 0.111. The first kappa shape index (κ1) is 16.2. The standard InChI is InChI=1S/C18H13ClFNO3/c1-10-14(18(22)23)7-12-3-4-13(8-17(12)21-10)24-9-11-2-5-16(20)15(19)6-11/h2-8H,9H2,1H3,(H,22,23). The Labute approximate surface area is 142 Å². The number of carboxylic acids is 1. The van der Waals surface area contributed by atoms with E-state index < -0.39 is 11.8 Å². The minimum atomic E-state index is -1.00. The van der Waals surface area contributed by atoms with E-state index in [2.05, 4.69) is 4.98 Å². The van der Waals surface area contributed by atoms with Gasteiger partial charge in [0.1, 0.15) is 18.2 Å². The normalized spacial score (nSPS) is 10.8. The highest BCUT2D eigenvalue weighted by Gasteiger charge is 2.10. The fourth-order valence-corrected chi connectivity index (χ4v) is 2.55. The molecular formula is C18H13ClFNO3. The molecule has 3 aromatic rings. The predicted octanol–water partition coefficient (Wildman–Crippen LogP) is 4.61. The lowest BCUT2D eigenvalue weighted by molar-refractivity contribution is 0.0696. The third-order valence-electron chi connectivity index (χ3n) is 3.60. The van der Waals surface area contributed by atoms with Crippen LogP contribution >= 0.6 is 11.6 Å². The molecule has 4 nitrogen and oxygen atoms in total. The number of aromatic carboxylic acids is 1. The molecule has 0 atom stereocenters. The number of fused-ring (bicyclic) bond motifs is 1. The molecule has 6 heteroatoms. The van der Waals surface area contributed by atoms with E-state index in [1.807, 2.05) is 0 Å². The minimum Gasteiger partial charge on any atom is -0.489 e. The summed E-state index contributed by atoms with van der Waals surface area (Å²) in [6, 6.07) is 11.2. The quantitative estimate of drug-likeness (QED) is 0.750. The average molecular weight is 346 g/mol. The van der Waals surface area contributed by atoms with Crippen molar-refractivity contribution in [3.05, 3.63) is 70.1 Å². The fourth-order valence-electron chi connectivity index (χ4n) is 2.35. The molecule has 2 aromatic carbocycles. The van der Waals surface area contributed by atoms with Crippen LogP contribution in [0.15, 0.2) is 42.5 Å². The summed E-state index contributed by atoms with van der Waals surface area (Å²) in [7, 11) is 0. The molecular weight excluding hydrogens is 333 g/mol. The number of aromatic nitrogens is 1. The number of ether oxygens (including phenoxy) is 1. The molecule has 122 valence electrons. The summed E-state index contributed by atoms with van der Waals surface area (Å²) in [6.45, 7) is 1.88. The summed E-state index contributed by atoms with van der Waals surface area (Å²) in [4.78, 5) is 15.4. The van der Waals surface area contributed by atoms with E-state index in [9.17, 15) is 9.18 Å². The van der Waals surface area contributed by atoms with Gasteiger partial charge in [0.05, 0.1) is 21.8 Å². The highest BCUT2D eigenvalue weighted by atomic mass is 35.5. The van der Waals surface area contributed by atoms with Gasteiger partial charge in [-0.25, -0.2) is 9.18 Å². The number of aryl methyl sites for hydroxylation is 1. The zero-order valence-electron chi connectivity index (χ0n) is 12.7. The van der Waals surface area contributed by atoms with E-state index in [0.29, 0.717) is 17.0 Å². The molecule has 0 fully saturated rings. The van der Waals surface area contributed by atoms with Gasteiger partial charge in [-0.3, -0.25) is 4.98 Å². The van der Waals surface area contributed by atoms with Gasteiger partial charge in [-0.05, 0) is 42.8 Å². The third kappa shape index (κ3) is 3.31. The Balaban J connectivity index is 1.84. The largest absolute Gasteiger partial charge is 0.489 e. The average Bonchev–Trinajstić information content (AvgIpc) is 2.55. The van der Waals surface area contributed by atoms with Crippen molar-refractivity contribution >= 4 is 28.5 Å². The maximum atomic E-state index is 13.1. The lowest BCUT2D eigenvalue weighted by Gasteiger charge is -2.09. The van der Waals surface area contributed by atoms with Crippen LogP contribution in [0.2, 0.25) is 5.02 Å².